The average molecular weight is 547 g/mol. The quantitative estimate of drug-likeness (QED) is 0.447. The molecule has 34 heavy (non-hydrogen) atoms. The zero-order valence-corrected chi connectivity index (χ0v) is 20.7. The van der Waals surface area contributed by atoms with Gasteiger partial charge in [-0.2, -0.15) is 0 Å². The Bertz CT molecular complexity index is 1020. The molecule has 1 saturated heterocycles. The number of carbonyl (C=O) groups is 1. The van der Waals surface area contributed by atoms with Crippen molar-refractivity contribution in [3.63, 3.8) is 0 Å². The zero-order chi connectivity index (χ0) is 25.2. The van der Waals surface area contributed by atoms with E-state index in [-0.39, 0.29) is 18.3 Å². The van der Waals surface area contributed by atoms with Gasteiger partial charge in [-0.15, -0.1) is 5.10 Å². The molecule has 5 atom stereocenters. The number of hydrogen-bond donors (Lipinski definition) is 3. The molecule has 1 aliphatic heterocycles. The molecule has 2 heterocycles. The van der Waals surface area contributed by atoms with Crippen LogP contribution in [0, 0.1) is 12.7 Å². The summed E-state index contributed by atoms with van der Waals surface area (Å²) in [6, 6.07) is 4.67. The van der Waals surface area contributed by atoms with Crippen LogP contribution in [0.5, 0.6) is 5.88 Å². The average Bonchev–Trinajstić information content (AvgIpc) is 3.10. The maximum Gasteiger partial charge on any atom is 0.508 e. The number of nitrogens with zero attached hydrogens (tertiary/aromatic N) is 2. The standard InChI is InChI=1S/C22H28BrFN2O8/c1-10(2)26-11(3)14(7-12-5-6-13(23)8-15(12)24)20(25-26)34-21-19(29)18(28)17(27)16(33-21)9-32-22(30)31-4/h5-6,8,10,16-19,21,27-29H,7,9H2,1-4H3/t16?,17-,18+,19-,21+/m1/s1. The Hall–Kier alpha value is -2.25. The minimum Gasteiger partial charge on any atom is -0.443 e. The van der Waals surface area contributed by atoms with Crippen molar-refractivity contribution >= 4 is 22.1 Å². The van der Waals surface area contributed by atoms with Gasteiger partial charge in [-0.1, -0.05) is 22.0 Å². The molecule has 3 N–H and O–H groups in total. The van der Waals surface area contributed by atoms with Gasteiger partial charge in [0.25, 0.3) is 0 Å². The Kier molecular flexibility index (Phi) is 8.52. The van der Waals surface area contributed by atoms with Gasteiger partial charge >= 0.3 is 6.16 Å². The summed E-state index contributed by atoms with van der Waals surface area (Å²) in [6.45, 7) is 5.20. The number of aromatic nitrogens is 2. The van der Waals surface area contributed by atoms with Crippen LogP contribution in [0.3, 0.4) is 0 Å². The molecule has 0 aliphatic carbocycles. The summed E-state index contributed by atoms with van der Waals surface area (Å²) >= 11 is 3.24. The summed E-state index contributed by atoms with van der Waals surface area (Å²) in [5.41, 5.74) is 1.70. The van der Waals surface area contributed by atoms with Gasteiger partial charge < -0.3 is 34.3 Å². The molecule has 2 aromatic rings. The van der Waals surface area contributed by atoms with Crippen LogP contribution in [0.1, 0.15) is 36.7 Å². The first-order valence-electron chi connectivity index (χ1n) is 10.6. The molecule has 12 heteroatoms. The Morgan fingerprint density at radius 2 is 1.97 bits per heavy atom. The largest absolute Gasteiger partial charge is 0.508 e. The summed E-state index contributed by atoms with van der Waals surface area (Å²) < 4.78 is 37.5. The third-order valence-corrected chi connectivity index (χ3v) is 6.03. The summed E-state index contributed by atoms with van der Waals surface area (Å²) in [7, 11) is 1.12. The minimum atomic E-state index is -1.65. The van der Waals surface area contributed by atoms with E-state index in [4.69, 9.17) is 14.2 Å². The predicted octanol–water partition coefficient (Wildman–Crippen LogP) is 2.23. The molecule has 1 fully saturated rings. The number of methoxy groups -OCH3 is 1. The van der Waals surface area contributed by atoms with Crippen molar-refractivity contribution in [2.75, 3.05) is 13.7 Å². The molecule has 188 valence electrons. The van der Waals surface area contributed by atoms with Crippen molar-refractivity contribution in [2.45, 2.75) is 63.9 Å². The third-order valence-electron chi connectivity index (χ3n) is 5.54. The van der Waals surface area contributed by atoms with E-state index in [2.05, 4.69) is 25.8 Å². The highest BCUT2D eigenvalue weighted by atomic mass is 79.9. The lowest BCUT2D eigenvalue weighted by molar-refractivity contribution is -0.278. The predicted molar refractivity (Wildman–Crippen MR) is 120 cm³/mol. The second-order valence-corrected chi connectivity index (χ2v) is 9.13. The van der Waals surface area contributed by atoms with Gasteiger partial charge in [0.15, 0.2) is 0 Å². The van der Waals surface area contributed by atoms with Crippen molar-refractivity contribution < 1.29 is 43.5 Å². The minimum absolute atomic E-state index is 0.0447. The van der Waals surface area contributed by atoms with Crippen molar-refractivity contribution in [2.24, 2.45) is 0 Å². The van der Waals surface area contributed by atoms with Crippen LogP contribution < -0.4 is 4.74 Å². The summed E-state index contributed by atoms with van der Waals surface area (Å²) in [4.78, 5) is 11.3. The maximum atomic E-state index is 14.5. The number of ether oxygens (including phenoxy) is 4. The summed E-state index contributed by atoms with van der Waals surface area (Å²) in [5, 5.41) is 35.4. The molecule has 1 aromatic heterocycles. The smallest absolute Gasteiger partial charge is 0.443 e. The monoisotopic (exact) mass is 546 g/mol. The van der Waals surface area contributed by atoms with Gasteiger partial charge in [0, 0.05) is 28.2 Å². The fraction of sp³-hybridized carbons (Fsp3) is 0.545. The van der Waals surface area contributed by atoms with Crippen molar-refractivity contribution in [3.8, 4) is 5.88 Å². The number of rotatable bonds is 7. The molecular formula is C22H28BrFN2O8. The summed E-state index contributed by atoms with van der Waals surface area (Å²) in [5.74, 6) is -0.335. The first-order valence-corrected chi connectivity index (χ1v) is 11.4. The first-order chi connectivity index (χ1) is 16.0. The highest BCUT2D eigenvalue weighted by molar-refractivity contribution is 9.10. The normalized spacial score (nSPS) is 24.8. The number of aliphatic hydroxyl groups excluding tert-OH is 3. The van der Waals surface area contributed by atoms with Gasteiger partial charge in [-0.05, 0) is 38.5 Å². The Labute approximate surface area is 204 Å². The zero-order valence-electron chi connectivity index (χ0n) is 19.1. The van der Waals surface area contributed by atoms with Gasteiger partial charge in [-0.3, -0.25) is 4.68 Å². The highest BCUT2D eigenvalue weighted by Gasteiger charge is 2.46. The van der Waals surface area contributed by atoms with E-state index in [1.165, 1.54) is 6.07 Å². The topological polar surface area (TPSA) is 132 Å². The van der Waals surface area contributed by atoms with Crippen LogP contribution in [0.15, 0.2) is 22.7 Å². The van der Waals surface area contributed by atoms with Crippen LogP contribution in [-0.4, -0.2) is 75.7 Å². The molecule has 0 amide bonds. The molecule has 0 spiro atoms. The second kappa shape index (κ2) is 11.0. The number of halogens is 2. The maximum absolute atomic E-state index is 14.5. The fourth-order valence-electron chi connectivity index (χ4n) is 3.65. The van der Waals surface area contributed by atoms with E-state index in [1.807, 2.05) is 20.8 Å². The van der Waals surface area contributed by atoms with Crippen LogP contribution in [0.2, 0.25) is 0 Å². The second-order valence-electron chi connectivity index (χ2n) is 8.22. The van der Waals surface area contributed by atoms with E-state index >= 15 is 0 Å². The Morgan fingerprint density at radius 3 is 2.59 bits per heavy atom. The van der Waals surface area contributed by atoms with E-state index in [0.29, 0.717) is 15.6 Å². The van der Waals surface area contributed by atoms with Gasteiger partial charge in [-0.25, -0.2) is 9.18 Å². The lowest BCUT2D eigenvalue weighted by Gasteiger charge is -2.39. The van der Waals surface area contributed by atoms with E-state index in [1.54, 1.807) is 16.8 Å². The molecule has 1 aliphatic rings. The molecule has 0 saturated carbocycles. The number of benzene rings is 1. The van der Waals surface area contributed by atoms with Crippen LogP contribution in [0.25, 0.3) is 0 Å². The highest BCUT2D eigenvalue weighted by Crippen LogP contribution is 2.31. The molecule has 0 radical (unpaired) electrons. The number of aliphatic hydroxyl groups is 3. The molecule has 3 rings (SSSR count). The van der Waals surface area contributed by atoms with Gasteiger partial charge in [0.1, 0.15) is 36.8 Å². The van der Waals surface area contributed by atoms with Crippen molar-refractivity contribution in [1.82, 2.24) is 9.78 Å². The van der Waals surface area contributed by atoms with Crippen molar-refractivity contribution in [1.29, 1.82) is 0 Å². The van der Waals surface area contributed by atoms with Gasteiger partial charge in [0.05, 0.1) is 7.11 Å². The van der Waals surface area contributed by atoms with Gasteiger partial charge in [0.2, 0.25) is 12.2 Å². The molecule has 0 bridgehead atoms. The van der Waals surface area contributed by atoms with Crippen LogP contribution in [-0.2, 0) is 20.6 Å². The molecular weight excluding hydrogens is 519 g/mol. The lowest BCUT2D eigenvalue weighted by atomic mass is 9.99. The fourth-order valence-corrected chi connectivity index (χ4v) is 3.99. The molecule has 10 nitrogen and oxygen atoms in total. The third kappa shape index (κ3) is 5.69. The SMILES string of the molecule is COC(=O)OCC1O[C@@H](Oc2nn(C(C)C)c(C)c2Cc2ccc(Br)cc2F)[C@H](O)[C@@H](O)[C@@H]1O. The van der Waals surface area contributed by atoms with E-state index in [0.717, 1.165) is 12.8 Å². The number of carbonyl (C=O) groups excluding carboxylic acids is 1. The Morgan fingerprint density at radius 1 is 1.26 bits per heavy atom. The van der Waals surface area contributed by atoms with Crippen LogP contribution in [0.4, 0.5) is 9.18 Å². The van der Waals surface area contributed by atoms with E-state index in [9.17, 15) is 24.5 Å². The Balaban J connectivity index is 1.89. The van der Waals surface area contributed by atoms with E-state index < -0.39 is 49.3 Å². The number of hydrogen-bond acceptors (Lipinski definition) is 9. The summed E-state index contributed by atoms with van der Waals surface area (Å²) in [6.07, 6.45) is -8.34. The molecule has 1 unspecified atom stereocenters. The van der Waals surface area contributed by atoms with Crippen LogP contribution >= 0.6 is 15.9 Å². The first kappa shape index (κ1) is 26.4. The molecule has 1 aromatic carbocycles. The van der Waals surface area contributed by atoms with Crippen molar-refractivity contribution in [3.05, 3.63) is 45.3 Å². The lowest BCUT2D eigenvalue weighted by Crippen LogP contribution is -2.60.